The second kappa shape index (κ2) is 7.81. The standard InChI is InChI=1S/C20H15ClFNO2/c21-15-8-11-19(25-17-4-2-1-3-5-17)18(13-15)23-20(24)12-14-6-9-16(22)10-7-14/h1-11,13H,12H2,(H,23,24). The number of halogens is 2. The van der Waals surface area contributed by atoms with Crippen molar-refractivity contribution >= 4 is 23.2 Å². The van der Waals surface area contributed by atoms with Crippen LogP contribution in [0.5, 0.6) is 11.5 Å². The van der Waals surface area contributed by atoms with E-state index in [-0.39, 0.29) is 18.1 Å². The van der Waals surface area contributed by atoms with Gasteiger partial charge in [-0.2, -0.15) is 0 Å². The zero-order chi connectivity index (χ0) is 17.6. The Bertz CT molecular complexity index is 867. The van der Waals surface area contributed by atoms with Gasteiger partial charge in [0, 0.05) is 5.02 Å². The molecule has 3 nitrogen and oxygen atoms in total. The number of ether oxygens (including phenoxy) is 1. The maximum Gasteiger partial charge on any atom is 0.228 e. The van der Waals surface area contributed by atoms with Gasteiger partial charge in [0.25, 0.3) is 0 Å². The second-order valence-electron chi connectivity index (χ2n) is 5.41. The summed E-state index contributed by atoms with van der Waals surface area (Å²) in [5.41, 5.74) is 1.19. The van der Waals surface area contributed by atoms with Crippen molar-refractivity contribution < 1.29 is 13.9 Å². The third kappa shape index (κ3) is 4.81. The zero-order valence-electron chi connectivity index (χ0n) is 13.2. The van der Waals surface area contributed by atoms with Crippen molar-refractivity contribution in [3.8, 4) is 11.5 Å². The van der Waals surface area contributed by atoms with Gasteiger partial charge < -0.3 is 10.1 Å². The number of anilines is 1. The first-order valence-electron chi connectivity index (χ1n) is 7.67. The Morgan fingerprint density at radius 2 is 1.72 bits per heavy atom. The minimum atomic E-state index is -0.336. The number of nitrogens with one attached hydrogen (secondary N) is 1. The van der Waals surface area contributed by atoms with E-state index in [9.17, 15) is 9.18 Å². The molecule has 0 aliphatic heterocycles. The molecule has 1 N–H and O–H groups in total. The summed E-state index contributed by atoms with van der Waals surface area (Å²) in [4.78, 5) is 12.3. The Kier molecular flexibility index (Phi) is 5.31. The summed E-state index contributed by atoms with van der Waals surface area (Å²) in [5.74, 6) is 0.561. The van der Waals surface area contributed by atoms with Crippen LogP contribution >= 0.6 is 11.6 Å². The molecule has 0 unspecified atom stereocenters. The lowest BCUT2D eigenvalue weighted by Gasteiger charge is -2.13. The molecule has 0 aliphatic rings. The summed E-state index contributed by atoms with van der Waals surface area (Å²) in [6.07, 6.45) is 0.123. The molecule has 0 saturated carbocycles. The molecule has 126 valence electrons. The molecular weight excluding hydrogens is 341 g/mol. The second-order valence-corrected chi connectivity index (χ2v) is 5.84. The van der Waals surface area contributed by atoms with Crippen molar-refractivity contribution in [2.45, 2.75) is 6.42 Å². The van der Waals surface area contributed by atoms with Crippen LogP contribution in [-0.2, 0) is 11.2 Å². The maximum absolute atomic E-state index is 12.9. The predicted octanol–water partition coefficient (Wildman–Crippen LogP) is 5.45. The van der Waals surface area contributed by atoms with Crippen molar-refractivity contribution in [2.75, 3.05) is 5.32 Å². The first kappa shape index (κ1) is 17.0. The van der Waals surface area contributed by atoms with Crippen LogP contribution in [0.15, 0.2) is 72.8 Å². The van der Waals surface area contributed by atoms with Gasteiger partial charge in [0.15, 0.2) is 5.75 Å². The summed E-state index contributed by atoms with van der Waals surface area (Å²) in [6, 6.07) is 20.1. The minimum Gasteiger partial charge on any atom is -0.455 e. The first-order valence-corrected chi connectivity index (χ1v) is 8.05. The average Bonchev–Trinajstić information content (AvgIpc) is 2.60. The van der Waals surface area contributed by atoms with Crippen LogP contribution in [0.3, 0.4) is 0 Å². The van der Waals surface area contributed by atoms with Gasteiger partial charge in [0.05, 0.1) is 12.1 Å². The van der Waals surface area contributed by atoms with Crippen LogP contribution in [0, 0.1) is 5.82 Å². The van der Waals surface area contributed by atoms with Gasteiger partial charge in [0.2, 0.25) is 5.91 Å². The Balaban J connectivity index is 1.75. The summed E-state index contributed by atoms with van der Waals surface area (Å²) in [7, 11) is 0. The van der Waals surface area contributed by atoms with Crippen LogP contribution < -0.4 is 10.1 Å². The molecule has 25 heavy (non-hydrogen) atoms. The van der Waals surface area contributed by atoms with E-state index in [1.165, 1.54) is 12.1 Å². The van der Waals surface area contributed by atoms with Gasteiger partial charge in [0.1, 0.15) is 11.6 Å². The molecule has 0 spiro atoms. The largest absolute Gasteiger partial charge is 0.455 e. The van der Waals surface area contributed by atoms with E-state index in [4.69, 9.17) is 16.3 Å². The number of hydrogen-bond acceptors (Lipinski definition) is 2. The van der Waals surface area contributed by atoms with Crippen molar-refractivity contribution in [3.05, 3.63) is 89.2 Å². The smallest absolute Gasteiger partial charge is 0.228 e. The fraction of sp³-hybridized carbons (Fsp3) is 0.0500. The normalized spacial score (nSPS) is 10.3. The van der Waals surface area contributed by atoms with E-state index in [0.717, 1.165) is 0 Å². The van der Waals surface area contributed by atoms with Crippen molar-refractivity contribution in [1.29, 1.82) is 0 Å². The molecular formula is C20H15ClFNO2. The highest BCUT2D eigenvalue weighted by atomic mass is 35.5. The lowest BCUT2D eigenvalue weighted by atomic mass is 10.1. The van der Waals surface area contributed by atoms with Gasteiger partial charge in [-0.1, -0.05) is 41.9 Å². The van der Waals surface area contributed by atoms with Crippen molar-refractivity contribution in [3.63, 3.8) is 0 Å². The Morgan fingerprint density at radius 3 is 2.44 bits per heavy atom. The number of carbonyl (C=O) groups is 1. The average molecular weight is 356 g/mol. The lowest BCUT2D eigenvalue weighted by molar-refractivity contribution is -0.115. The van der Waals surface area contributed by atoms with Crippen LogP contribution in [0.25, 0.3) is 0 Å². The van der Waals surface area contributed by atoms with Crippen molar-refractivity contribution in [1.82, 2.24) is 0 Å². The molecule has 0 atom stereocenters. The Labute approximate surface area is 150 Å². The van der Waals surface area contributed by atoms with Gasteiger partial charge in [-0.05, 0) is 48.0 Å². The van der Waals surface area contributed by atoms with Crippen LogP contribution in [-0.4, -0.2) is 5.91 Å². The quantitative estimate of drug-likeness (QED) is 0.660. The summed E-state index contributed by atoms with van der Waals surface area (Å²) in [6.45, 7) is 0. The van der Waals surface area contributed by atoms with Crippen LogP contribution in [0.4, 0.5) is 10.1 Å². The van der Waals surface area contributed by atoms with Gasteiger partial charge in [-0.25, -0.2) is 4.39 Å². The fourth-order valence-corrected chi connectivity index (χ4v) is 2.46. The van der Waals surface area contributed by atoms with Crippen LogP contribution in [0.1, 0.15) is 5.56 Å². The van der Waals surface area contributed by atoms with Crippen molar-refractivity contribution in [2.24, 2.45) is 0 Å². The predicted molar refractivity (Wildman–Crippen MR) is 96.7 cm³/mol. The molecule has 0 aliphatic carbocycles. The van der Waals surface area contributed by atoms with E-state index >= 15 is 0 Å². The molecule has 0 aromatic heterocycles. The Morgan fingerprint density at radius 1 is 1.00 bits per heavy atom. The summed E-state index contributed by atoms with van der Waals surface area (Å²) >= 11 is 6.03. The zero-order valence-corrected chi connectivity index (χ0v) is 14.0. The van der Waals surface area contributed by atoms with E-state index in [2.05, 4.69) is 5.32 Å². The SMILES string of the molecule is O=C(Cc1ccc(F)cc1)Nc1cc(Cl)ccc1Oc1ccccc1. The Hall–Kier alpha value is -2.85. The van der Waals surface area contributed by atoms with Crippen LogP contribution in [0.2, 0.25) is 5.02 Å². The molecule has 5 heteroatoms. The highest BCUT2D eigenvalue weighted by Crippen LogP contribution is 2.32. The minimum absolute atomic E-state index is 0.123. The number of para-hydroxylation sites is 1. The molecule has 3 rings (SSSR count). The van der Waals surface area contributed by atoms with Gasteiger partial charge in [-0.15, -0.1) is 0 Å². The van der Waals surface area contributed by atoms with E-state index in [1.54, 1.807) is 30.3 Å². The number of rotatable bonds is 5. The summed E-state index contributed by atoms with van der Waals surface area (Å²) < 4.78 is 18.8. The van der Waals surface area contributed by atoms with E-state index in [0.29, 0.717) is 27.8 Å². The number of benzene rings is 3. The molecule has 3 aromatic rings. The molecule has 0 heterocycles. The molecule has 0 fully saturated rings. The molecule has 1 amide bonds. The molecule has 3 aromatic carbocycles. The van der Waals surface area contributed by atoms with E-state index < -0.39 is 0 Å². The van der Waals surface area contributed by atoms with E-state index in [1.807, 2.05) is 30.3 Å². The first-order chi connectivity index (χ1) is 12.1. The molecule has 0 radical (unpaired) electrons. The number of carbonyl (C=O) groups excluding carboxylic acids is 1. The topological polar surface area (TPSA) is 38.3 Å². The van der Waals surface area contributed by atoms with Gasteiger partial charge in [-0.3, -0.25) is 4.79 Å². The highest BCUT2D eigenvalue weighted by Gasteiger charge is 2.11. The monoisotopic (exact) mass is 355 g/mol. The number of hydrogen-bond donors (Lipinski definition) is 1. The summed E-state index contributed by atoms with van der Waals surface area (Å²) in [5, 5.41) is 3.28. The highest BCUT2D eigenvalue weighted by molar-refractivity contribution is 6.31. The third-order valence-electron chi connectivity index (χ3n) is 3.46. The van der Waals surface area contributed by atoms with Gasteiger partial charge >= 0.3 is 0 Å². The molecule has 0 saturated heterocycles. The maximum atomic E-state index is 12.9. The lowest BCUT2D eigenvalue weighted by Crippen LogP contribution is -2.15. The third-order valence-corrected chi connectivity index (χ3v) is 3.70. The fourth-order valence-electron chi connectivity index (χ4n) is 2.29. The molecule has 0 bridgehead atoms. The number of amides is 1.